The number of anilines is 1. The van der Waals surface area contributed by atoms with Crippen molar-refractivity contribution in [2.45, 2.75) is 11.9 Å². The monoisotopic (exact) mass is 313 g/mol. The molecule has 8 nitrogen and oxygen atoms in total. The first-order valence-corrected chi connectivity index (χ1v) is 7.93. The van der Waals surface area contributed by atoms with Gasteiger partial charge in [0, 0.05) is 26.4 Å². The summed E-state index contributed by atoms with van der Waals surface area (Å²) >= 11 is 0. The van der Waals surface area contributed by atoms with E-state index in [1.807, 2.05) is 0 Å². The van der Waals surface area contributed by atoms with Crippen LogP contribution in [0.3, 0.4) is 0 Å². The van der Waals surface area contributed by atoms with Crippen LogP contribution >= 0.6 is 0 Å². The van der Waals surface area contributed by atoms with Crippen LogP contribution in [-0.4, -0.2) is 48.9 Å². The van der Waals surface area contributed by atoms with Crippen molar-refractivity contribution in [1.29, 1.82) is 0 Å². The lowest BCUT2D eigenvalue weighted by Gasteiger charge is -2.20. The van der Waals surface area contributed by atoms with E-state index in [9.17, 15) is 8.42 Å². The molecule has 2 aromatic heterocycles. The summed E-state index contributed by atoms with van der Waals surface area (Å²) < 4.78 is 33.5. The van der Waals surface area contributed by atoms with Gasteiger partial charge in [0.25, 0.3) is 10.0 Å². The molecular weight excluding hydrogens is 294 g/mol. The van der Waals surface area contributed by atoms with E-state index in [2.05, 4.69) is 10.4 Å². The summed E-state index contributed by atoms with van der Waals surface area (Å²) in [6, 6.07) is 5.23. The highest BCUT2D eigenvalue weighted by atomic mass is 32.2. The third kappa shape index (κ3) is 2.86. The summed E-state index contributed by atoms with van der Waals surface area (Å²) in [6.45, 7) is 2.68. The van der Waals surface area contributed by atoms with Crippen molar-refractivity contribution in [3.63, 3.8) is 0 Å². The molecule has 2 aromatic rings. The highest BCUT2D eigenvalue weighted by Crippen LogP contribution is 2.25. The van der Waals surface area contributed by atoms with Gasteiger partial charge in [-0.2, -0.15) is 4.31 Å². The van der Waals surface area contributed by atoms with Crippen molar-refractivity contribution < 1.29 is 13.2 Å². The number of ether oxygens (including phenoxy) is 1. The van der Waals surface area contributed by atoms with Gasteiger partial charge < -0.3 is 10.2 Å². The highest BCUT2D eigenvalue weighted by molar-refractivity contribution is 7.89. The molecule has 0 unspecified atom stereocenters. The third-order valence-corrected chi connectivity index (χ3v) is 5.10. The van der Waals surface area contributed by atoms with Crippen LogP contribution in [0.15, 0.2) is 29.4 Å². The number of hydrazine groups is 1. The van der Waals surface area contributed by atoms with E-state index in [1.54, 1.807) is 31.3 Å². The molecule has 0 saturated carbocycles. The van der Waals surface area contributed by atoms with Gasteiger partial charge in [-0.15, -0.1) is 0 Å². The number of fused-ring (bicyclic) bond motifs is 1. The number of nitrogens with two attached hydrogens (primary N) is 1. The SMILES string of the molecule is CCN(CCOC)S(=O)(=O)c1c(NN)nc2ccccn12. The zero-order valence-electron chi connectivity index (χ0n) is 12.0. The Kier molecular flexibility index (Phi) is 4.78. The van der Waals surface area contributed by atoms with Crippen LogP contribution in [0.25, 0.3) is 5.65 Å². The van der Waals surface area contributed by atoms with Crippen molar-refractivity contribution in [3.05, 3.63) is 24.4 Å². The molecule has 0 atom stereocenters. The summed E-state index contributed by atoms with van der Waals surface area (Å²) in [5, 5.41) is 0.0264. The number of hydrogen-bond acceptors (Lipinski definition) is 6. The van der Waals surface area contributed by atoms with Crippen LogP contribution in [0.4, 0.5) is 5.82 Å². The predicted octanol–water partition coefficient (Wildman–Crippen LogP) is 0.277. The molecule has 0 saturated heterocycles. The number of likely N-dealkylation sites (N-methyl/N-ethyl adjacent to an activating group) is 1. The van der Waals surface area contributed by atoms with Gasteiger partial charge in [-0.05, 0) is 12.1 Å². The lowest BCUT2D eigenvalue weighted by molar-refractivity contribution is 0.180. The zero-order chi connectivity index (χ0) is 15.5. The van der Waals surface area contributed by atoms with E-state index < -0.39 is 10.0 Å². The van der Waals surface area contributed by atoms with Gasteiger partial charge in [-0.25, -0.2) is 19.2 Å². The van der Waals surface area contributed by atoms with Crippen molar-refractivity contribution in [2.24, 2.45) is 5.84 Å². The first-order valence-electron chi connectivity index (χ1n) is 6.49. The fourth-order valence-electron chi connectivity index (χ4n) is 2.08. The largest absolute Gasteiger partial charge is 0.383 e. The Morgan fingerprint density at radius 1 is 1.48 bits per heavy atom. The maximum Gasteiger partial charge on any atom is 0.263 e. The van der Waals surface area contributed by atoms with Gasteiger partial charge in [0.2, 0.25) is 5.03 Å². The first-order chi connectivity index (χ1) is 10.1. The molecule has 116 valence electrons. The lowest BCUT2D eigenvalue weighted by atomic mass is 10.5. The Morgan fingerprint density at radius 2 is 2.24 bits per heavy atom. The van der Waals surface area contributed by atoms with E-state index in [-0.39, 0.29) is 17.4 Å². The zero-order valence-corrected chi connectivity index (χ0v) is 12.8. The lowest BCUT2D eigenvalue weighted by Crippen LogP contribution is -2.35. The average Bonchev–Trinajstić information content (AvgIpc) is 2.87. The quantitative estimate of drug-likeness (QED) is 0.562. The number of sulfonamides is 1. The van der Waals surface area contributed by atoms with Gasteiger partial charge >= 0.3 is 0 Å². The molecule has 0 spiro atoms. The van der Waals surface area contributed by atoms with Crippen LogP contribution in [0.5, 0.6) is 0 Å². The van der Waals surface area contributed by atoms with Crippen LogP contribution in [0.1, 0.15) is 6.92 Å². The fraction of sp³-hybridized carbons (Fsp3) is 0.417. The van der Waals surface area contributed by atoms with Crippen LogP contribution in [0.2, 0.25) is 0 Å². The molecule has 0 radical (unpaired) electrons. The number of aromatic nitrogens is 2. The Hall–Kier alpha value is -1.68. The van der Waals surface area contributed by atoms with E-state index in [1.165, 1.54) is 15.8 Å². The molecule has 3 N–H and O–H groups in total. The summed E-state index contributed by atoms with van der Waals surface area (Å²) in [4.78, 5) is 4.18. The average molecular weight is 313 g/mol. The van der Waals surface area contributed by atoms with Gasteiger partial charge in [0.15, 0.2) is 5.82 Å². The number of methoxy groups -OCH3 is 1. The Labute approximate surface area is 123 Å². The minimum Gasteiger partial charge on any atom is -0.383 e. The van der Waals surface area contributed by atoms with E-state index in [0.717, 1.165) is 0 Å². The van der Waals surface area contributed by atoms with Crippen molar-refractivity contribution >= 4 is 21.5 Å². The first kappa shape index (κ1) is 15.7. The minimum absolute atomic E-state index is 0.0264. The predicted molar refractivity (Wildman–Crippen MR) is 79.3 cm³/mol. The van der Waals surface area contributed by atoms with E-state index in [4.69, 9.17) is 10.6 Å². The number of hydrogen-bond donors (Lipinski definition) is 2. The molecule has 0 amide bonds. The molecule has 21 heavy (non-hydrogen) atoms. The molecule has 0 aliphatic rings. The number of nitrogens with zero attached hydrogens (tertiary/aromatic N) is 3. The maximum atomic E-state index is 12.8. The summed E-state index contributed by atoms with van der Waals surface area (Å²) in [7, 11) is -2.21. The summed E-state index contributed by atoms with van der Waals surface area (Å²) in [5.74, 6) is 5.54. The van der Waals surface area contributed by atoms with Crippen LogP contribution in [-0.2, 0) is 14.8 Å². The smallest absolute Gasteiger partial charge is 0.263 e. The van der Waals surface area contributed by atoms with Crippen LogP contribution < -0.4 is 11.3 Å². The molecular formula is C12H19N5O3S. The Bertz CT molecular complexity index is 713. The minimum atomic E-state index is -3.74. The molecule has 2 heterocycles. The number of nitrogens with one attached hydrogen (secondary N) is 1. The highest BCUT2D eigenvalue weighted by Gasteiger charge is 2.30. The molecule has 2 rings (SSSR count). The van der Waals surface area contributed by atoms with Crippen molar-refractivity contribution in [1.82, 2.24) is 13.7 Å². The molecule has 0 fully saturated rings. The second-order valence-electron chi connectivity index (χ2n) is 4.33. The summed E-state index contributed by atoms with van der Waals surface area (Å²) in [5.41, 5.74) is 2.86. The normalized spacial score (nSPS) is 12.2. The second kappa shape index (κ2) is 6.39. The maximum absolute atomic E-state index is 12.8. The number of pyridine rings is 1. The van der Waals surface area contributed by atoms with Gasteiger partial charge in [-0.1, -0.05) is 13.0 Å². The van der Waals surface area contributed by atoms with E-state index >= 15 is 0 Å². The summed E-state index contributed by atoms with van der Waals surface area (Å²) in [6.07, 6.45) is 1.64. The standard InChI is InChI=1S/C12H19N5O3S/c1-3-16(8-9-20-2)21(18,19)12-11(15-13)14-10-6-4-5-7-17(10)12/h4-7,15H,3,8-9,13H2,1-2H3. The molecule has 9 heteroatoms. The van der Waals surface area contributed by atoms with E-state index in [0.29, 0.717) is 18.8 Å². The van der Waals surface area contributed by atoms with Crippen molar-refractivity contribution in [2.75, 3.05) is 32.2 Å². The Morgan fingerprint density at radius 3 is 2.86 bits per heavy atom. The molecule has 0 aliphatic heterocycles. The second-order valence-corrected chi connectivity index (χ2v) is 6.18. The number of nitrogen functional groups attached to an aromatic ring is 1. The molecule has 0 aromatic carbocycles. The van der Waals surface area contributed by atoms with Crippen molar-refractivity contribution in [3.8, 4) is 0 Å². The van der Waals surface area contributed by atoms with Gasteiger partial charge in [0.1, 0.15) is 5.65 Å². The molecule has 0 bridgehead atoms. The van der Waals surface area contributed by atoms with Gasteiger partial charge in [0.05, 0.1) is 6.61 Å². The fourth-order valence-corrected chi connectivity index (χ4v) is 3.73. The molecule has 0 aliphatic carbocycles. The van der Waals surface area contributed by atoms with Crippen LogP contribution in [0, 0.1) is 0 Å². The number of rotatable bonds is 7. The number of imidazole rings is 1. The van der Waals surface area contributed by atoms with Gasteiger partial charge in [-0.3, -0.25) is 4.40 Å². The Balaban J connectivity index is 2.57. The topological polar surface area (TPSA) is 102 Å². The third-order valence-electron chi connectivity index (χ3n) is 3.10.